The van der Waals surface area contributed by atoms with Gasteiger partial charge in [0.05, 0.1) is 6.42 Å². The Bertz CT molecular complexity index is 1640. The number of carbonyl (C=O) groups is 1. The molecule has 3 aromatic carbocycles. The van der Waals surface area contributed by atoms with Gasteiger partial charge in [0.2, 0.25) is 5.91 Å². The second-order valence-corrected chi connectivity index (χ2v) is 9.08. The number of phenols is 1. The molecule has 0 radical (unpaired) electrons. The number of nitrogens with two attached hydrogens (primary N) is 1. The minimum Gasteiger partial charge on any atom is -0.508 e. The van der Waals surface area contributed by atoms with Crippen LogP contribution in [0, 0.1) is 0 Å². The van der Waals surface area contributed by atoms with E-state index in [2.05, 4.69) is 38.5 Å². The highest BCUT2D eigenvalue weighted by molar-refractivity contribution is 5.89. The van der Waals surface area contributed by atoms with Crippen LogP contribution < -0.4 is 11.1 Å². The first kappa shape index (κ1) is 24.2. The van der Waals surface area contributed by atoms with E-state index < -0.39 is 0 Å². The van der Waals surface area contributed by atoms with Crippen LogP contribution in [0.2, 0.25) is 0 Å². The molecule has 188 valence electrons. The molecular formula is C30H31N5O2. The lowest BCUT2D eigenvalue weighted by Crippen LogP contribution is -2.27. The van der Waals surface area contributed by atoms with Gasteiger partial charge < -0.3 is 31.1 Å². The standard InChI is InChI=1S/C20H19N3O2.C10H12N2/c24-15-5-6-19-17(10-15)13(11-22-19)7-8-21-20(25)9-14-12-23-18-4-2-1-3-16(14)18;11-6-5-8-7-12-10-4-2-1-3-9(8)10/h1-6,10-12,22-24H,7-9H2,(H,21,25);1-4,7,12H,5-6,11H2. The van der Waals surface area contributed by atoms with Gasteiger partial charge in [-0.3, -0.25) is 4.79 Å². The second kappa shape index (κ2) is 11.1. The van der Waals surface area contributed by atoms with Gasteiger partial charge in [-0.15, -0.1) is 0 Å². The molecule has 0 unspecified atom stereocenters. The largest absolute Gasteiger partial charge is 0.508 e. The number of hydrogen-bond donors (Lipinski definition) is 6. The van der Waals surface area contributed by atoms with Gasteiger partial charge in [0.25, 0.3) is 0 Å². The highest BCUT2D eigenvalue weighted by Crippen LogP contribution is 2.23. The van der Waals surface area contributed by atoms with E-state index in [1.807, 2.05) is 55.0 Å². The van der Waals surface area contributed by atoms with Crippen LogP contribution in [0.1, 0.15) is 16.7 Å². The number of aromatic nitrogens is 3. The predicted molar refractivity (Wildman–Crippen MR) is 150 cm³/mol. The number of benzene rings is 3. The van der Waals surface area contributed by atoms with Crippen LogP contribution in [0.25, 0.3) is 32.7 Å². The molecule has 0 atom stereocenters. The third kappa shape index (κ3) is 5.52. The summed E-state index contributed by atoms with van der Waals surface area (Å²) in [6.45, 7) is 1.27. The summed E-state index contributed by atoms with van der Waals surface area (Å²) in [5.41, 5.74) is 12.1. The van der Waals surface area contributed by atoms with Crippen molar-refractivity contribution in [2.75, 3.05) is 13.1 Å². The Labute approximate surface area is 214 Å². The molecule has 3 aromatic heterocycles. The fraction of sp³-hybridized carbons (Fsp3) is 0.167. The van der Waals surface area contributed by atoms with Crippen molar-refractivity contribution >= 4 is 38.6 Å². The minimum atomic E-state index is 0.00689. The topological polar surface area (TPSA) is 123 Å². The lowest BCUT2D eigenvalue weighted by Gasteiger charge is -2.05. The number of aromatic hydroxyl groups is 1. The molecule has 0 saturated carbocycles. The molecule has 7 heteroatoms. The van der Waals surface area contributed by atoms with Crippen molar-refractivity contribution in [3.63, 3.8) is 0 Å². The number of amides is 1. The summed E-state index contributed by atoms with van der Waals surface area (Å²) in [4.78, 5) is 21.8. The first-order chi connectivity index (χ1) is 18.1. The first-order valence-electron chi connectivity index (χ1n) is 12.5. The molecule has 7 nitrogen and oxygen atoms in total. The average Bonchev–Trinajstić information content (AvgIpc) is 3.63. The van der Waals surface area contributed by atoms with Crippen molar-refractivity contribution in [1.29, 1.82) is 0 Å². The summed E-state index contributed by atoms with van der Waals surface area (Å²) < 4.78 is 0. The summed E-state index contributed by atoms with van der Waals surface area (Å²) in [6.07, 6.45) is 7.88. The molecule has 6 rings (SSSR count). The number of hydrogen-bond acceptors (Lipinski definition) is 3. The molecular weight excluding hydrogens is 462 g/mol. The zero-order chi connectivity index (χ0) is 25.6. The van der Waals surface area contributed by atoms with Gasteiger partial charge in [-0.2, -0.15) is 0 Å². The van der Waals surface area contributed by atoms with E-state index in [1.165, 1.54) is 16.5 Å². The van der Waals surface area contributed by atoms with E-state index in [0.717, 1.165) is 39.4 Å². The van der Waals surface area contributed by atoms with Gasteiger partial charge in [-0.05, 0) is 66.4 Å². The third-order valence-electron chi connectivity index (χ3n) is 6.58. The number of fused-ring (bicyclic) bond motifs is 3. The van der Waals surface area contributed by atoms with Crippen LogP contribution in [-0.4, -0.2) is 39.1 Å². The monoisotopic (exact) mass is 493 g/mol. The van der Waals surface area contributed by atoms with Crippen LogP contribution in [0.3, 0.4) is 0 Å². The number of phenolic OH excluding ortho intramolecular Hbond substituents is 1. The molecule has 0 aliphatic rings. The van der Waals surface area contributed by atoms with Crippen LogP contribution >= 0.6 is 0 Å². The Hall–Kier alpha value is -4.49. The van der Waals surface area contributed by atoms with Crippen LogP contribution in [0.15, 0.2) is 85.3 Å². The van der Waals surface area contributed by atoms with Gasteiger partial charge in [0, 0.05) is 57.8 Å². The zero-order valence-electron chi connectivity index (χ0n) is 20.6. The van der Waals surface area contributed by atoms with Gasteiger partial charge in [0.15, 0.2) is 0 Å². The number of rotatable bonds is 7. The summed E-state index contributed by atoms with van der Waals surface area (Å²) in [5.74, 6) is 0.254. The Morgan fingerprint density at radius 2 is 1.30 bits per heavy atom. The Kier molecular flexibility index (Phi) is 7.23. The van der Waals surface area contributed by atoms with Gasteiger partial charge in [-0.25, -0.2) is 0 Å². The maximum absolute atomic E-state index is 12.2. The molecule has 0 aliphatic heterocycles. The van der Waals surface area contributed by atoms with Gasteiger partial charge >= 0.3 is 0 Å². The summed E-state index contributed by atoms with van der Waals surface area (Å²) in [6, 6.07) is 21.5. The normalized spacial score (nSPS) is 11.1. The summed E-state index contributed by atoms with van der Waals surface area (Å²) >= 11 is 0. The first-order valence-corrected chi connectivity index (χ1v) is 12.5. The molecule has 0 fully saturated rings. The van der Waals surface area contributed by atoms with Crippen molar-refractivity contribution in [2.24, 2.45) is 5.73 Å². The Morgan fingerprint density at radius 1 is 0.730 bits per heavy atom. The molecule has 1 amide bonds. The fourth-order valence-electron chi connectivity index (χ4n) is 4.72. The van der Waals surface area contributed by atoms with Crippen molar-refractivity contribution in [3.05, 3.63) is 102 Å². The maximum atomic E-state index is 12.2. The van der Waals surface area contributed by atoms with E-state index in [1.54, 1.807) is 12.1 Å². The smallest absolute Gasteiger partial charge is 0.224 e. The SMILES string of the molecule is NCCc1c[nH]c2ccccc12.O=C(Cc1c[nH]c2ccccc12)NCCc1c[nH]c2ccc(O)cc12. The third-order valence-corrected chi connectivity index (χ3v) is 6.58. The van der Waals surface area contributed by atoms with E-state index in [-0.39, 0.29) is 11.7 Å². The molecule has 3 heterocycles. The van der Waals surface area contributed by atoms with Crippen LogP contribution in [0.4, 0.5) is 0 Å². The summed E-state index contributed by atoms with van der Waals surface area (Å²) in [5, 5.41) is 16.0. The van der Waals surface area contributed by atoms with Gasteiger partial charge in [0.1, 0.15) is 5.75 Å². The number of H-pyrrole nitrogens is 3. The predicted octanol–water partition coefficient (Wildman–Crippen LogP) is 4.93. The molecule has 0 saturated heterocycles. The lowest BCUT2D eigenvalue weighted by atomic mass is 10.1. The maximum Gasteiger partial charge on any atom is 0.224 e. The molecule has 0 aliphatic carbocycles. The molecule has 0 spiro atoms. The van der Waals surface area contributed by atoms with E-state index >= 15 is 0 Å². The lowest BCUT2D eigenvalue weighted by molar-refractivity contribution is -0.120. The van der Waals surface area contributed by atoms with Gasteiger partial charge in [-0.1, -0.05) is 36.4 Å². The van der Waals surface area contributed by atoms with E-state index in [0.29, 0.717) is 25.9 Å². The quantitative estimate of drug-likeness (QED) is 0.189. The molecule has 0 bridgehead atoms. The van der Waals surface area contributed by atoms with Crippen LogP contribution in [0.5, 0.6) is 5.75 Å². The van der Waals surface area contributed by atoms with Crippen molar-refractivity contribution in [2.45, 2.75) is 19.3 Å². The number of nitrogens with one attached hydrogen (secondary N) is 4. The average molecular weight is 494 g/mol. The van der Waals surface area contributed by atoms with E-state index in [9.17, 15) is 9.90 Å². The van der Waals surface area contributed by atoms with Crippen molar-refractivity contribution in [3.8, 4) is 5.75 Å². The molecule has 37 heavy (non-hydrogen) atoms. The van der Waals surface area contributed by atoms with Crippen LogP contribution in [-0.2, 0) is 24.1 Å². The highest BCUT2D eigenvalue weighted by atomic mass is 16.3. The Morgan fingerprint density at radius 3 is 1.97 bits per heavy atom. The molecule has 6 aromatic rings. The zero-order valence-corrected chi connectivity index (χ0v) is 20.6. The van der Waals surface area contributed by atoms with E-state index in [4.69, 9.17) is 5.73 Å². The van der Waals surface area contributed by atoms with Crippen molar-refractivity contribution in [1.82, 2.24) is 20.3 Å². The summed E-state index contributed by atoms with van der Waals surface area (Å²) in [7, 11) is 0. The highest BCUT2D eigenvalue weighted by Gasteiger charge is 2.09. The molecule has 7 N–H and O–H groups in total. The fourth-order valence-corrected chi connectivity index (χ4v) is 4.72. The Balaban J connectivity index is 0.000000195. The number of aromatic amines is 3. The van der Waals surface area contributed by atoms with Crippen molar-refractivity contribution < 1.29 is 9.90 Å². The minimum absolute atomic E-state index is 0.00689. The number of para-hydroxylation sites is 2. The number of carbonyl (C=O) groups excluding carboxylic acids is 1. The second-order valence-electron chi connectivity index (χ2n) is 9.08.